The van der Waals surface area contributed by atoms with Gasteiger partial charge in [0.25, 0.3) is 0 Å². The maximum Gasteiger partial charge on any atom is 0.509 e. The van der Waals surface area contributed by atoms with Gasteiger partial charge in [-0.2, -0.15) is 0 Å². The summed E-state index contributed by atoms with van der Waals surface area (Å²) in [4.78, 5) is 10.8. The van der Waals surface area contributed by atoms with Crippen molar-refractivity contribution in [1.82, 2.24) is 0 Å². The van der Waals surface area contributed by atoms with Gasteiger partial charge >= 0.3 is 6.16 Å². The highest BCUT2D eigenvalue weighted by Crippen LogP contribution is 2.08. The Bertz CT molecular complexity index is 327. The Kier molecular flexibility index (Phi) is 6.78. The van der Waals surface area contributed by atoms with Crippen LogP contribution in [0.1, 0.15) is 13.8 Å². The fourth-order valence-electron chi connectivity index (χ4n) is 0.752. The molecule has 0 spiro atoms. The summed E-state index contributed by atoms with van der Waals surface area (Å²) in [6.45, 7) is 7.40. The number of carbonyl (C=O) groups is 1. The Balaban J connectivity index is 3.99. The SMILES string of the molecule is C=C=CCOCC#CC(C)(C)OC(=O)OC. The highest BCUT2D eigenvalue weighted by molar-refractivity contribution is 5.60. The third-order valence-corrected chi connectivity index (χ3v) is 1.41. The summed E-state index contributed by atoms with van der Waals surface area (Å²) in [6.07, 6.45) is 0.896. The van der Waals surface area contributed by atoms with Crippen molar-refractivity contribution in [3.63, 3.8) is 0 Å². The zero-order valence-electron chi connectivity index (χ0n) is 9.83. The van der Waals surface area contributed by atoms with Crippen LogP contribution in [0.4, 0.5) is 4.79 Å². The Hall–Kier alpha value is -1.69. The van der Waals surface area contributed by atoms with Crippen LogP contribution in [0, 0.1) is 11.8 Å². The van der Waals surface area contributed by atoms with Gasteiger partial charge in [0.15, 0.2) is 5.60 Å². The molecule has 16 heavy (non-hydrogen) atoms. The maximum absolute atomic E-state index is 10.8. The third-order valence-electron chi connectivity index (χ3n) is 1.41. The van der Waals surface area contributed by atoms with E-state index in [4.69, 9.17) is 9.47 Å². The maximum atomic E-state index is 10.8. The first-order valence-electron chi connectivity index (χ1n) is 4.71. The minimum absolute atomic E-state index is 0.256. The van der Waals surface area contributed by atoms with Crippen molar-refractivity contribution in [2.75, 3.05) is 20.3 Å². The third kappa shape index (κ3) is 7.69. The number of carbonyl (C=O) groups excluding carboxylic acids is 1. The van der Waals surface area contributed by atoms with Crippen LogP contribution in [0.5, 0.6) is 0 Å². The molecule has 0 saturated heterocycles. The number of hydrogen-bond acceptors (Lipinski definition) is 4. The van der Waals surface area contributed by atoms with Gasteiger partial charge in [-0.25, -0.2) is 4.79 Å². The molecule has 0 amide bonds. The average Bonchev–Trinajstić information content (AvgIpc) is 2.22. The van der Waals surface area contributed by atoms with Gasteiger partial charge in [-0.3, -0.25) is 0 Å². The first kappa shape index (κ1) is 14.3. The quantitative estimate of drug-likeness (QED) is 0.317. The van der Waals surface area contributed by atoms with E-state index in [1.807, 2.05) is 0 Å². The molecule has 0 aromatic heterocycles. The van der Waals surface area contributed by atoms with Crippen LogP contribution in [0.2, 0.25) is 0 Å². The van der Waals surface area contributed by atoms with Gasteiger partial charge in [0.1, 0.15) is 6.61 Å². The molecule has 4 heteroatoms. The van der Waals surface area contributed by atoms with E-state index in [9.17, 15) is 4.79 Å². The summed E-state index contributed by atoms with van der Waals surface area (Å²) in [5, 5.41) is 0. The van der Waals surface area contributed by atoms with Crippen LogP contribution in [0.3, 0.4) is 0 Å². The minimum atomic E-state index is -0.884. The molecule has 0 rings (SSSR count). The minimum Gasteiger partial charge on any atom is -0.438 e. The van der Waals surface area contributed by atoms with Crippen LogP contribution in [0.25, 0.3) is 0 Å². The smallest absolute Gasteiger partial charge is 0.438 e. The first-order valence-corrected chi connectivity index (χ1v) is 4.71. The monoisotopic (exact) mass is 224 g/mol. The van der Waals surface area contributed by atoms with Crippen molar-refractivity contribution in [2.24, 2.45) is 0 Å². The van der Waals surface area contributed by atoms with Crippen molar-refractivity contribution in [1.29, 1.82) is 0 Å². The van der Waals surface area contributed by atoms with E-state index in [0.717, 1.165) is 0 Å². The molecule has 0 radical (unpaired) electrons. The molecule has 0 heterocycles. The number of hydrogen-bond donors (Lipinski definition) is 0. The van der Waals surface area contributed by atoms with Crippen LogP contribution < -0.4 is 0 Å². The highest BCUT2D eigenvalue weighted by atomic mass is 16.7. The van der Waals surface area contributed by atoms with Crippen LogP contribution in [-0.4, -0.2) is 32.1 Å². The molecule has 0 aromatic carbocycles. The number of rotatable bonds is 4. The predicted octanol–water partition coefficient (Wildman–Crippen LogP) is 1.91. The lowest BCUT2D eigenvalue weighted by Gasteiger charge is -2.17. The lowest BCUT2D eigenvalue weighted by atomic mass is 10.1. The summed E-state index contributed by atoms with van der Waals surface area (Å²) < 4.78 is 14.4. The topological polar surface area (TPSA) is 44.8 Å². The predicted molar refractivity (Wildman–Crippen MR) is 59.9 cm³/mol. The molecule has 0 bridgehead atoms. The molecule has 0 aromatic rings. The molecular weight excluding hydrogens is 208 g/mol. The Morgan fingerprint density at radius 3 is 2.75 bits per heavy atom. The van der Waals surface area contributed by atoms with E-state index in [-0.39, 0.29) is 6.61 Å². The van der Waals surface area contributed by atoms with E-state index >= 15 is 0 Å². The molecule has 0 aliphatic heterocycles. The van der Waals surface area contributed by atoms with Crippen LogP contribution >= 0.6 is 0 Å². The van der Waals surface area contributed by atoms with Crippen molar-refractivity contribution in [3.8, 4) is 11.8 Å². The van der Waals surface area contributed by atoms with E-state index < -0.39 is 11.8 Å². The normalized spacial score (nSPS) is 9.44. The van der Waals surface area contributed by atoms with Gasteiger partial charge in [0, 0.05) is 0 Å². The second kappa shape index (κ2) is 7.58. The van der Waals surface area contributed by atoms with E-state index in [1.165, 1.54) is 7.11 Å². The van der Waals surface area contributed by atoms with E-state index in [2.05, 4.69) is 28.9 Å². The van der Waals surface area contributed by atoms with E-state index in [1.54, 1.807) is 19.9 Å². The van der Waals surface area contributed by atoms with Gasteiger partial charge < -0.3 is 14.2 Å². The number of ether oxygens (including phenoxy) is 3. The first-order chi connectivity index (χ1) is 7.52. The lowest BCUT2D eigenvalue weighted by Crippen LogP contribution is -2.26. The molecule has 0 unspecified atom stereocenters. The molecule has 0 fully saturated rings. The Morgan fingerprint density at radius 2 is 2.19 bits per heavy atom. The van der Waals surface area contributed by atoms with Crippen molar-refractivity contribution in [2.45, 2.75) is 19.4 Å². The second-order valence-corrected chi connectivity index (χ2v) is 3.29. The molecule has 4 nitrogen and oxygen atoms in total. The second-order valence-electron chi connectivity index (χ2n) is 3.29. The Morgan fingerprint density at radius 1 is 1.50 bits per heavy atom. The van der Waals surface area contributed by atoms with Gasteiger partial charge in [-0.15, -0.1) is 5.73 Å². The summed E-state index contributed by atoms with van der Waals surface area (Å²) in [6, 6.07) is 0. The fraction of sp³-hybridized carbons (Fsp3) is 0.500. The van der Waals surface area contributed by atoms with Gasteiger partial charge in [0.2, 0.25) is 0 Å². The molecule has 88 valence electrons. The van der Waals surface area contributed by atoms with Crippen molar-refractivity contribution < 1.29 is 19.0 Å². The molecule has 0 N–H and O–H groups in total. The number of methoxy groups -OCH3 is 1. The fourth-order valence-corrected chi connectivity index (χ4v) is 0.752. The van der Waals surface area contributed by atoms with Crippen molar-refractivity contribution >= 4 is 6.16 Å². The summed E-state index contributed by atoms with van der Waals surface area (Å²) in [7, 11) is 1.25. The standard InChI is InChI=1S/C12H16O4/c1-5-6-9-15-10-7-8-12(2,3)16-11(13)14-4/h6H,1,9-10H2,2-4H3. The highest BCUT2D eigenvalue weighted by Gasteiger charge is 2.19. The zero-order chi connectivity index (χ0) is 12.4. The summed E-state index contributed by atoms with van der Waals surface area (Å²) in [5.74, 6) is 5.49. The molecule has 0 aliphatic carbocycles. The molecule has 0 atom stereocenters. The molecular formula is C12H16O4. The van der Waals surface area contributed by atoms with Gasteiger partial charge in [0.05, 0.1) is 13.7 Å². The Labute approximate surface area is 95.9 Å². The van der Waals surface area contributed by atoms with Crippen LogP contribution in [-0.2, 0) is 14.2 Å². The zero-order valence-corrected chi connectivity index (χ0v) is 9.83. The van der Waals surface area contributed by atoms with E-state index in [0.29, 0.717) is 6.61 Å². The summed E-state index contributed by atoms with van der Waals surface area (Å²) >= 11 is 0. The van der Waals surface area contributed by atoms with Gasteiger partial charge in [-0.1, -0.05) is 18.4 Å². The largest absolute Gasteiger partial charge is 0.509 e. The van der Waals surface area contributed by atoms with Crippen LogP contribution in [0.15, 0.2) is 18.4 Å². The molecule has 0 saturated carbocycles. The molecule has 0 aliphatic rings. The lowest BCUT2D eigenvalue weighted by molar-refractivity contribution is 0.0220. The van der Waals surface area contributed by atoms with Crippen molar-refractivity contribution in [3.05, 3.63) is 18.4 Å². The summed E-state index contributed by atoms with van der Waals surface area (Å²) in [5.41, 5.74) is 1.69. The average molecular weight is 224 g/mol. The van der Waals surface area contributed by atoms with Gasteiger partial charge in [-0.05, 0) is 19.9 Å².